The number of methoxy groups -OCH3 is 1. The van der Waals surface area contributed by atoms with Crippen molar-refractivity contribution in [2.75, 3.05) is 26.7 Å². The first-order valence-corrected chi connectivity index (χ1v) is 17.3. The van der Waals surface area contributed by atoms with Crippen LogP contribution < -0.4 is 49.4 Å². The molecule has 0 aliphatic rings. The number of amides is 3. The van der Waals surface area contributed by atoms with Gasteiger partial charge in [-0.3, -0.25) is 24.4 Å². The van der Waals surface area contributed by atoms with Gasteiger partial charge in [-0.2, -0.15) is 0 Å². The van der Waals surface area contributed by atoms with Gasteiger partial charge in [0, 0.05) is 43.2 Å². The number of nitrogens with two attached hydrogens (primary N) is 5. The smallest absolute Gasteiger partial charge is 0.243 e. The normalized spacial score (nSPS) is 12.7. The van der Waals surface area contributed by atoms with Gasteiger partial charge in [0.15, 0.2) is 11.9 Å². The molecule has 0 unspecified atom stereocenters. The third kappa shape index (κ3) is 12.6. The van der Waals surface area contributed by atoms with Crippen LogP contribution in [-0.4, -0.2) is 79.5 Å². The number of nitrogens with zero attached hydrogens (tertiary/aromatic N) is 2. The van der Waals surface area contributed by atoms with Crippen LogP contribution >= 0.6 is 31.9 Å². The summed E-state index contributed by atoms with van der Waals surface area (Å²) in [5.74, 6) is -0.910. The fourth-order valence-corrected chi connectivity index (χ4v) is 6.71. The highest BCUT2D eigenvalue weighted by Gasteiger charge is 2.29. The number of aliphatic imine (C=N–C) groups is 2. The number of benzene rings is 2. The first kappa shape index (κ1) is 39.1. The average molecular weight is 808 g/mol. The number of nitrogens with one attached hydrogen (secondary N) is 4. The van der Waals surface area contributed by atoms with Crippen molar-refractivity contribution in [1.82, 2.24) is 20.9 Å². The number of hydrogen-bond donors (Lipinski definition) is 9. The summed E-state index contributed by atoms with van der Waals surface area (Å²) < 4.78 is 6.91. The van der Waals surface area contributed by atoms with Crippen LogP contribution in [0.3, 0.4) is 0 Å². The standard InChI is InChI=1S/C32H45Br2N11O4/c1-49-27-21(33)14-18(15-22(27)34)10-13-40-29(47)25(9-5-12-42-32(38)39)44-30(48)26(16-19-17-43-24-8-3-2-6-20(19)24)45-28(46)23(35)7-4-11-41-31(36)37/h2-3,6,8,14-15,17,23,25-26,43H,4-5,7,9-13,16,35H2,1H3,(H,40,47)(H,44,48)(H,45,46)(H4,36,37,41)(H4,38,39,42)/t23-,25-,26-/m0/s1. The molecule has 0 spiro atoms. The molecule has 14 N–H and O–H groups in total. The van der Waals surface area contributed by atoms with Gasteiger partial charge in [-0.25, -0.2) is 0 Å². The maximum absolute atomic E-state index is 13.9. The lowest BCUT2D eigenvalue weighted by atomic mass is 10.0. The first-order valence-electron chi connectivity index (χ1n) is 15.7. The molecule has 0 saturated heterocycles. The average Bonchev–Trinajstić information content (AvgIpc) is 3.46. The Bertz CT molecular complexity index is 1610. The Morgan fingerprint density at radius 3 is 2.12 bits per heavy atom. The highest BCUT2D eigenvalue weighted by atomic mass is 79.9. The quantitative estimate of drug-likeness (QED) is 0.0475. The number of halogens is 2. The Hall–Kier alpha value is -4.35. The zero-order chi connectivity index (χ0) is 35.9. The molecule has 3 rings (SSSR count). The number of hydrogen-bond acceptors (Lipinski definition) is 7. The summed E-state index contributed by atoms with van der Waals surface area (Å²) in [6, 6.07) is 8.55. The molecule has 49 heavy (non-hydrogen) atoms. The van der Waals surface area contributed by atoms with E-state index >= 15 is 0 Å². The fraction of sp³-hybridized carbons (Fsp3) is 0.406. The molecule has 0 aliphatic heterocycles. The molecule has 0 bridgehead atoms. The minimum atomic E-state index is -1.04. The first-order chi connectivity index (χ1) is 23.4. The van der Waals surface area contributed by atoms with Gasteiger partial charge in [0.1, 0.15) is 17.8 Å². The molecule has 0 saturated carbocycles. The summed E-state index contributed by atoms with van der Waals surface area (Å²) in [5.41, 5.74) is 30.5. The van der Waals surface area contributed by atoms with E-state index in [1.165, 1.54) is 0 Å². The summed E-state index contributed by atoms with van der Waals surface area (Å²) in [7, 11) is 1.58. The van der Waals surface area contributed by atoms with E-state index in [0.717, 1.165) is 31.0 Å². The zero-order valence-corrected chi connectivity index (χ0v) is 30.5. The van der Waals surface area contributed by atoms with Crippen molar-refractivity contribution in [3.05, 3.63) is 62.7 Å². The zero-order valence-electron chi connectivity index (χ0n) is 27.3. The van der Waals surface area contributed by atoms with E-state index in [2.05, 4.69) is 62.8 Å². The molecule has 0 fully saturated rings. The lowest BCUT2D eigenvalue weighted by Gasteiger charge is -2.24. The maximum atomic E-state index is 13.9. The van der Waals surface area contributed by atoms with E-state index in [1.54, 1.807) is 13.3 Å². The second-order valence-electron chi connectivity index (χ2n) is 11.3. The van der Waals surface area contributed by atoms with Crippen LogP contribution in [0.15, 0.2) is 61.5 Å². The SMILES string of the molecule is COc1c(Br)cc(CCNC(=O)[C@H](CCCN=C(N)N)NC(=O)[C@H](Cc2c[nH]c3ccccc23)NC(=O)[C@@H](N)CCCN=C(N)N)cc1Br. The minimum absolute atomic E-state index is 0.0488. The summed E-state index contributed by atoms with van der Waals surface area (Å²) in [6.45, 7) is 0.876. The molecular formula is C32H45Br2N11O4. The Labute approximate surface area is 301 Å². The second-order valence-corrected chi connectivity index (χ2v) is 13.0. The van der Waals surface area contributed by atoms with Gasteiger partial charge >= 0.3 is 0 Å². The van der Waals surface area contributed by atoms with Crippen LogP contribution in [0.1, 0.15) is 36.8 Å². The number of aromatic amines is 1. The predicted molar refractivity (Wildman–Crippen MR) is 199 cm³/mol. The van der Waals surface area contributed by atoms with Gasteiger partial charge < -0.3 is 54.3 Å². The number of carbonyl (C=O) groups is 3. The number of H-pyrrole nitrogens is 1. The number of rotatable bonds is 19. The Morgan fingerprint density at radius 1 is 0.878 bits per heavy atom. The maximum Gasteiger partial charge on any atom is 0.243 e. The van der Waals surface area contributed by atoms with E-state index in [9.17, 15) is 14.4 Å². The number of fused-ring (bicyclic) bond motifs is 1. The molecule has 2 aromatic carbocycles. The van der Waals surface area contributed by atoms with E-state index in [0.29, 0.717) is 44.5 Å². The van der Waals surface area contributed by atoms with E-state index in [-0.39, 0.29) is 31.3 Å². The van der Waals surface area contributed by atoms with Crippen molar-refractivity contribution in [2.45, 2.75) is 56.7 Å². The largest absolute Gasteiger partial charge is 0.494 e. The molecule has 3 amide bonds. The molecule has 15 nitrogen and oxygen atoms in total. The van der Waals surface area contributed by atoms with Crippen LogP contribution in [0.5, 0.6) is 5.75 Å². The highest BCUT2D eigenvalue weighted by molar-refractivity contribution is 9.11. The number of ether oxygens (including phenoxy) is 1. The van der Waals surface area contributed by atoms with Crippen molar-refractivity contribution < 1.29 is 19.1 Å². The van der Waals surface area contributed by atoms with Gasteiger partial charge in [0.25, 0.3) is 0 Å². The summed E-state index contributed by atoms with van der Waals surface area (Å²) >= 11 is 6.99. The minimum Gasteiger partial charge on any atom is -0.494 e. The molecule has 0 aliphatic carbocycles. The van der Waals surface area contributed by atoms with Gasteiger partial charge in [0.05, 0.1) is 22.1 Å². The van der Waals surface area contributed by atoms with E-state index in [4.69, 9.17) is 33.4 Å². The van der Waals surface area contributed by atoms with Crippen LogP contribution in [0, 0.1) is 0 Å². The molecule has 3 aromatic rings. The topological polar surface area (TPSA) is 267 Å². The van der Waals surface area contributed by atoms with Gasteiger partial charge in [-0.1, -0.05) is 18.2 Å². The lowest BCUT2D eigenvalue weighted by molar-refractivity contribution is -0.132. The Morgan fingerprint density at radius 2 is 1.49 bits per heavy atom. The Kier molecular flexibility index (Phi) is 15.6. The van der Waals surface area contributed by atoms with Crippen molar-refractivity contribution in [2.24, 2.45) is 38.7 Å². The van der Waals surface area contributed by atoms with Crippen LogP contribution in [0.2, 0.25) is 0 Å². The van der Waals surface area contributed by atoms with Gasteiger partial charge in [0.2, 0.25) is 17.7 Å². The molecular weight excluding hydrogens is 762 g/mol. The molecule has 3 atom stereocenters. The number of guanidine groups is 2. The van der Waals surface area contributed by atoms with E-state index < -0.39 is 35.8 Å². The molecule has 0 radical (unpaired) electrons. The van der Waals surface area contributed by atoms with Crippen molar-refractivity contribution in [3.63, 3.8) is 0 Å². The third-order valence-corrected chi connectivity index (χ3v) is 8.77. The van der Waals surface area contributed by atoms with Crippen LogP contribution in [0.25, 0.3) is 10.9 Å². The van der Waals surface area contributed by atoms with Crippen LogP contribution in [-0.2, 0) is 27.2 Å². The molecule has 1 heterocycles. The monoisotopic (exact) mass is 805 g/mol. The van der Waals surface area contributed by atoms with Gasteiger partial charge in [-0.05, 0) is 93.3 Å². The summed E-state index contributed by atoms with van der Waals surface area (Å²) in [4.78, 5) is 51.7. The second kappa shape index (κ2) is 19.6. The van der Waals surface area contributed by atoms with Crippen molar-refractivity contribution in [3.8, 4) is 5.75 Å². The predicted octanol–water partition coefficient (Wildman–Crippen LogP) is 1.01. The van der Waals surface area contributed by atoms with Crippen LogP contribution in [0.4, 0.5) is 0 Å². The Balaban J connectivity index is 1.76. The molecule has 266 valence electrons. The van der Waals surface area contributed by atoms with E-state index in [1.807, 2.05) is 36.4 Å². The van der Waals surface area contributed by atoms with Crippen molar-refractivity contribution in [1.29, 1.82) is 0 Å². The summed E-state index contributed by atoms with van der Waals surface area (Å²) in [5, 5.41) is 9.47. The number of para-hydroxylation sites is 1. The molecule has 17 heteroatoms. The molecule has 1 aromatic heterocycles. The van der Waals surface area contributed by atoms with Crippen molar-refractivity contribution >= 4 is 72.4 Å². The number of carbonyl (C=O) groups excluding carboxylic acids is 3. The lowest BCUT2D eigenvalue weighted by Crippen LogP contribution is -2.56. The number of aromatic nitrogens is 1. The summed E-state index contributed by atoms with van der Waals surface area (Å²) in [6.07, 6.45) is 3.87. The highest BCUT2D eigenvalue weighted by Crippen LogP contribution is 2.34. The third-order valence-electron chi connectivity index (χ3n) is 7.59. The fourth-order valence-electron chi connectivity index (χ4n) is 5.11. The van der Waals surface area contributed by atoms with Gasteiger partial charge in [-0.15, -0.1) is 0 Å².